The minimum atomic E-state index is -2.57. The molecule has 2 aromatic rings. The number of rotatable bonds is 6. The summed E-state index contributed by atoms with van der Waals surface area (Å²) in [6, 6.07) is 5.59. The number of halogens is 2. The minimum absolute atomic E-state index is 0.0505. The van der Waals surface area contributed by atoms with Gasteiger partial charge < -0.3 is 10.1 Å². The number of aryl methyl sites for hydroxylation is 1. The highest BCUT2D eigenvalue weighted by atomic mass is 19.3. The van der Waals surface area contributed by atoms with E-state index in [4.69, 9.17) is 4.74 Å². The van der Waals surface area contributed by atoms with Gasteiger partial charge in [-0.1, -0.05) is 6.92 Å². The summed E-state index contributed by atoms with van der Waals surface area (Å²) in [6.07, 6.45) is 2.62. The monoisotopic (exact) mass is 392 g/mol. The number of anilines is 1. The molecule has 0 amide bonds. The second kappa shape index (κ2) is 8.24. The number of pyridine rings is 1. The van der Waals surface area contributed by atoms with Gasteiger partial charge in [-0.15, -0.1) is 0 Å². The Morgan fingerprint density at radius 2 is 2.11 bits per heavy atom. The van der Waals surface area contributed by atoms with Crippen molar-refractivity contribution in [3.63, 3.8) is 0 Å². The second-order valence-electron chi connectivity index (χ2n) is 7.50. The number of esters is 1. The lowest BCUT2D eigenvalue weighted by Crippen LogP contribution is -2.32. The number of alkyl halides is 2. The molecule has 1 aliphatic carbocycles. The highest BCUT2D eigenvalue weighted by Gasteiger charge is 2.35. The van der Waals surface area contributed by atoms with Gasteiger partial charge >= 0.3 is 5.97 Å². The molecule has 0 radical (unpaired) electrons. The number of carbonyl (C=O) groups is 1. The fourth-order valence-corrected chi connectivity index (χ4v) is 3.40. The first-order valence-electron chi connectivity index (χ1n) is 9.51. The van der Waals surface area contributed by atoms with E-state index < -0.39 is 5.92 Å². The highest BCUT2D eigenvalue weighted by molar-refractivity contribution is 5.70. The molecular formula is C20H26F2N4O2. The van der Waals surface area contributed by atoms with E-state index in [1.54, 1.807) is 4.68 Å². The normalized spacial score (nSPS) is 17.9. The van der Waals surface area contributed by atoms with Crippen LogP contribution in [-0.2, 0) is 9.53 Å². The molecule has 3 rings (SSSR count). The van der Waals surface area contributed by atoms with Gasteiger partial charge in [-0.3, -0.25) is 4.79 Å². The number of ether oxygens (including phenoxy) is 1. The van der Waals surface area contributed by atoms with Gasteiger partial charge in [0.05, 0.1) is 19.2 Å². The van der Waals surface area contributed by atoms with Crippen molar-refractivity contribution in [2.24, 2.45) is 0 Å². The van der Waals surface area contributed by atoms with Crippen molar-refractivity contribution >= 4 is 11.8 Å². The molecule has 0 aromatic carbocycles. The fourth-order valence-electron chi connectivity index (χ4n) is 3.40. The van der Waals surface area contributed by atoms with Crippen molar-refractivity contribution < 1.29 is 18.3 Å². The molecule has 0 aliphatic heterocycles. The number of hydrogen-bond donors (Lipinski definition) is 1. The van der Waals surface area contributed by atoms with Gasteiger partial charge in [-0.25, -0.2) is 18.4 Å². The van der Waals surface area contributed by atoms with Crippen molar-refractivity contribution in [2.45, 2.75) is 63.8 Å². The quantitative estimate of drug-likeness (QED) is 0.745. The zero-order valence-corrected chi connectivity index (χ0v) is 16.4. The van der Waals surface area contributed by atoms with Crippen LogP contribution in [0.2, 0.25) is 0 Å². The molecule has 2 aromatic heterocycles. The SMILES string of the molecule is COC(=O)CC(C)c1cc(NC2CCC(F)(F)CC2)nc(-n2ccc(C)n2)c1. The third kappa shape index (κ3) is 5.05. The molecule has 1 unspecified atom stereocenters. The molecule has 8 heteroatoms. The van der Waals surface area contributed by atoms with Crippen LogP contribution in [0.4, 0.5) is 14.6 Å². The Kier molecular flexibility index (Phi) is 5.96. The third-order valence-electron chi connectivity index (χ3n) is 5.13. The molecule has 0 saturated heterocycles. The van der Waals surface area contributed by atoms with Crippen LogP contribution in [0.15, 0.2) is 24.4 Å². The van der Waals surface area contributed by atoms with Crippen LogP contribution in [0, 0.1) is 6.92 Å². The number of nitrogens with one attached hydrogen (secondary N) is 1. The first-order chi connectivity index (χ1) is 13.3. The van der Waals surface area contributed by atoms with Gasteiger partial charge in [-0.05, 0) is 49.4 Å². The zero-order chi connectivity index (χ0) is 20.3. The Bertz CT molecular complexity index is 827. The molecule has 1 aliphatic rings. The smallest absolute Gasteiger partial charge is 0.306 e. The Morgan fingerprint density at radius 1 is 1.39 bits per heavy atom. The highest BCUT2D eigenvalue weighted by Crippen LogP contribution is 2.34. The maximum Gasteiger partial charge on any atom is 0.306 e. The Labute approximate surface area is 163 Å². The summed E-state index contributed by atoms with van der Waals surface area (Å²) in [5, 5.41) is 7.70. The molecule has 0 spiro atoms. The van der Waals surface area contributed by atoms with E-state index in [-0.39, 0.29) is 37.2 Å². The van der Waals surface area contributed by atoms with E-state index in [0.29, 0.717) is 24.5 Å². The molecule has 1 atom stereocenters. The van der Waals surface area contributed by atoms with Gasteiger partial charge in [-0.2, -0.15) is 5.10 Å². The molecular weight excluding hydrogens is 366 g/mol. The van der Waals surface area contributed by atoms with Crippen LogP contribution in [0.5, 0.6) is 0 Å². The summed E-state index contributed by atoms with van der Waals surface area (Å²) >= 11 is 0. The number of aromatic nitrogens is 3. The molecule has 0 bridgehead atoms. The van der Waals surface area contributed by atoms with Crippen molar-refractivity contribution in [1.82, 2.24) is 14.8 Å². The van der Waals surface area contributed by atoms with Crippen LogP contribution in [0.1, 0.15) is 56.2 Å². The van der Waals surface area contributed by atoms with Gasteiger partial charge in [0, 0.05) is 25.1 Å². The van der Waals surface area contributed by atoms with Crippen LogP contribution >= 0.6 is 0 Å². The lowest BCUT2D eigenvalue weighted by Gasteiger charge is -2.29. The van der Waals surface area contributed by atoms with Crippen molar-refractivity contribution in [1.29, 1.82) is 0 Å². The Balaban J connectivity index is 1.85. The predicted octanol–water partition coefficient (Wildman–Crippen LogP) is 4.23. The number of hydrogen-bond acceptors (Lipinski definition) is 5. The molecule has 6 nitrogen and oxygen atoms in total. The van der Waals surface area contributed by atoms with Crippen molar-refractivity contribution in [3.05, 3.63) is 35.7 Å². The average molecular weight is 392 g/mol. The summed E-state index contributed by atoms with van der Waals surface area (Å²) in [5.41, 5.74) is 1.77. The van der Waals surface area contributed by atoms with E-state index in [1.807, 2.05) is 38.2 Å². The van der Waals surface area contributed by atoms with E-state index in [1.165, 1.54) is 7.11 Å². The third-order valence-corrected chi connectivity index (χ3v) is 5.13. The number of nitrogens with zero attached hydrogens (tertiary/aromatic N) is 3. The molecule has 152 valence electrons. The first-order valence-corrected chi connectivity index (χ1v) is 9.51. The van der Waals surface area contributed by atoms with Gasteiger partial charge in [0.1, 0.15) is 5.82 Å². The van der Waals surface area contributed by atoms with E-state index >= 15 is 0 Å². The standard InChI is InChI=1S/C20H26F2N4O2/c1-13(10-19(27)28-3)15-11-17(23-16-4-7-20(21,22)8-5-16)24-18(12-15)26-9-6-14(2)25-26/h6,9,11-13,16H,4-5,7-8,10H2,1-3H3,(H,23,24). The zero-order valence-electron chi connectivity index (χ0n) is 16.4. The first kappa shape index (κ1) is 20.2. The molecule has 1 saturated carbocycles. The van der Waals surface area contributed by atoms with Gasteiger partial charge in [0.2, 0.25) is 5.92 Å². The van der Waals surface area contributed by atoms with Gasteiger partial charge in [0.25, 0.3) is 0 Å². The second-order valence-corrected chi connectivity index (χ2v) is 7.50. The van der Waals surface area contributed by atoms with Crippen molar-refractivity contribution in [2.75, 3.05) is 12.4 Å². The van der Waals surface area contributed by atoms with Crippen LogP contribution in [-0.4, -0.2) is 39.8 Å². The summed E-state index contributed by atoms with van der Waals surface area (Å²) < 4.78 is 33.3. The summed E-state index contributed by atoms with van der Waals surface area (Å²) in [6.45, 7) is 3.83. The topological polar surface area (TPSA) is 69.0 Å². The Hall–Kier alpha value is -2.51. The Morgan fingerprint density at radius 3 is 2.71 bits per heavy atom. The maximum atomic E-state index is 13.4. The number of carbonyl (C=O) groups excluding carboxylic acids is 1. The number of methoxy groups -OCH3 is 1. The van der Waals surface area contributed by atoms with Crippen LogP contribution < -0.4 is 5.32 Å². The van der Waals surface area contributed by atoms with Crippen molar-refractivity contribution in [3.8, 4) is 5.82 Å². The maximum absolute atomic E-state index is 13.4. The largest absolute Gasteiger partial charge is 0.469 e. The lowest BCUT2D eigenvalue weighted by molar-refractivity contribution is -0.140. The lowest BCUT2D eigenvalue weighted by atomic mass is 9.92. The molecule has 2 heterocycles. The average Bonchev–Trinajstić information content (AvgIpc) is 3.09. The summed E-state index contributed by atoms with van der Waals surface area (Å²) in [5.74, 6) is -1.72. The fraction of sp³-hybridized carbons (Fsp3) is 0.550. The summed E-state index contributed by atoms with van der Waals surface area (Å²) in [7, 11) is 1.37. The minimum Gasteiger partial charge on any atom is -0.469 e. The molecule has 1 N–H and O–H groups in total. The summed E-state index contributed by atoms with van der Waals surface area (Å²) in [4.78, 5) is 16.3. The van der Waals surface area contributed by atoms with Crippen LogP contribution in [0.25, 0.3) is 5.82 Å². The van der Waals surface area contributed by atoms with E-state index in [0.717, 1.165) is 11.3 Å². The van der Waals surface area contributed by atoms with E-state index in [2.05, 4.69) is 15.4 Å². The van der Waals surface area contributed by atoms with E-state index in [9.17, 15) is 13.6 Å². The van der Waals surface area contributed by atoms with Crippen LogP contribution in [0.3, 0.4) is 0 Å². The van der Waals surface area contributed by atoms with Gasteiger partial charge in [0.15, 0.2) is 5.82 Å². The predicted molar refractivity (Wildman–Crippen MR) is 102 cm³/mol. The molecule has 28 heavy (non-hydrogen) atoms. The molecule has 1 fully saturated rings.